The van der Waals surface area contributed by atoms with Gasteiger partial charge in [-0.25, -0.2) is 0 Å². The Labute approximate surface area is 344 Å². The predicted molar refractivity (Wildman–Crippen MR) is 224 cm³/mol. The molecule has 0 bridgehead atoms. The molecular weight excluding hydrogens is 840 g/mol. The van der Waals surface area contributed by atoms with E-state index in [0.29, 0.717) is 45.0 Å². The third-order valence-electron chi connectivity index (χ3n) is 10.2. The standard InChI is InChI=1S/C50H55N2O.Pt/c1-30(2)41-28-40(50(10,11)12)29-42(48(41)53)46-27-38(47-32(4)17-16-18-33(47)5)26-45(52-46)37-23-36(24-39(25-37)49(7,8)9)44-22-31(3)21-43(51-44)34(6)35-19-14-13-15-20-35;/h13-22,24-30,34,53H,1-12H3;/q-1;/i3D3,34D;. The van der Waals surface area contributed by atoms with Crippen molar-refractivity contribution in [3.05, 3.63) is 148 Å². The quantitative estimate of drug-likeness (QED) is 0.162. The van der Waals surface area contributed by atoms with Crippen molar-refractivity contribution in [3.8, 4) is 50.6 Å². The maximum absolute atomic E-state index is 11.9. The van der Waals surface area contributed by atoms with Gasteiger partial charge in [-0.1, -0.05) is 146 Å². The number of phenols is 1. The van der Waals surface area contributed by atoms with Gasteiger partial charge in [0.1, 0.15) is 5.75 Å². The van der Waals surface area contributed by atoms with Crippen molar-refractivity contribution in [3.63, 3.8) is 0 Å². The minimum Gasteiger partial charge on any atom is -0.507 e. The number of benzene rings is 4. The average Bonchev–Trinajstić information content (AvgIpc) is 3.13. The fourth-order valence-electron chi connectivity index (χ4n) is 6.92. The summed E-state index contributed by atoms with van der Waals surface area (Å²) in [6.45, 7) is 20.7. The van der Waals surface area contributed by atoms with Gasteiger partial charge in [-0.15, -0.1) is 23.8 Å². The molecule has 0 saturated heterocycles. The first-order valence-electron chi connectivity index (χ1n) is 20.6. The van der Waals surface area contributed by atoms with Gasteiger partial charge in [0, 0.05) is 55.1 Å². The normalized spacial score (nSPS) is 14.4. The Balaban J connectivity index is 0.00000641. The van der Waals surface area contributed by atoms with Gasteiger partial charge in [0.15, 0.2) is 0 Å². The number of rotatable bonds is 7. The molecule has 0 saturated carbocycles. The van der Waals surface area contributed by atoms with Crippen LogP contribution >= 0.6 is 0 Å². The molecule has 0 fully saturated rings. The molecule has 6 rings (SSSR count). The number of aromatic hydroxyl groups is 1. The zero-order chi connectivity index (χ0) is 41.8. The van der Waals surface area contributed by atoms with Crippen LogP contribution in [0.4, 0.5) is 0 Å². The van der Waals surface area contributed by atoms with E-state index >= 15 is 0 Å². The van der Waals surface area contributed by atoms with Gasteiger partial charge in [-0.2, -0.15) is 0 Å². The van der Waals surface area contributed by atoms with Crippen molar-refractivity contribution in [1.29, 1.82) is 0 Å². The first kappa shape index (κ1) is 35.4. The van der Waals surface area contributed by atoms with E-state index in [0.717, 1.165) is 38.9 Å². The third-order valence-corrected chi connectivity index (χ3v) is 10.2. The molecule has 6 aromatic rings. The van der Waals surface area contributed by atoms with Crippen molar-refractivity contribution in [2.75, 3.05) is 0 Å². The van der Waals surface area contributed by atoms with E-state index in [9.17, 15) is 6.48 Å². The molecule has 0 radical (unpaired) electrons. The minimum atomic E-state index is -2.43. The molecule has 0 aliphatic rings. The molecule has 0 amide bonds. The third kappa shape index (κ3) is 8.63. The Bertz CT molecular complexity index is 2440. The maximum atomic E-state index is 11.9. The number of hydrogen-bond donors (Lipinski definition) is 1. The van der Waals surface area contributed by atoms with E-state index in [1.807, 2.05) is 36.4 Å². The van der Waals surface area contributed by atoms with Crippen LogP contribution in [0, 0.1) is 26.8 Å². The van der Waals surface area contributed by atoms with Crippen LogP contribution in [0.25, 0.3) is 44.9 Å². The second-order valence-electron chi connectivity index (χ2n) is 16.8. The zero-order valence-corrected chi connectivity index (χ0v) is 35.7. The van der Waals surface area contributed by atoms with E-state index in [2.05, 4.69) is 124 Å². The van der Waals surface area contributed by atoms with Gasteiger partial charge in [0.05, 0.1) is 5.69 Å². The van der Waals surface area contributed by atoms with Crippen LogP contribution in [0.1, 0.15) is 124 Å². The number of phenolic OH excluding ortho intramolecular Hbond substituents is 1. The van der Waals surface area contributed by atoms with Gasteiger partial charge in [-0.3, -0.25) is 9.97 Å². The summed E-state index contributed by atoms with van der Waals surface area (Å²) in [5, 5.41) is 11.9. The van der Waals surface area contributed by atoms with Crippen LogP contribution in [0.3, 0.4) is 0 Å². The van der Waals surface area contributed by atoms with Crippen LogP contribution in [0.15, 0.2) is 97.1 Å². The molecule has 1 atom stereocenters. The molecular formula is C50H55N2OPt-. The molecule has 3 nitrogen and oxygen atoms in total. The molecule has 2 heterocycles. The summed E-state index contributed by atoms with van der Waals surface area (Å²) < 4.78 is 34.7. The fraction of sp³-hybridized carbons (Fsp3) is 0.320. The van der Waals surface area contributed by atoms with E-state index in [1.165, 1.54) is 6.07 Å². The van der Waals surface area contributed by atoms with Crippen LogP contribution < -0.4 is 0 Å². The van der Waals surface area contributed by atoms with E-state index in [-0.39, 0.29) is 49.1 Å². The summed E-state index contributed by atoms with van der Waals surface area (Å²) in [5.74, 6) is -1.02. The Kier molecular flexibility index (Phi) is 10.3. The Morgan fingerprint density at radius 2 is 1.26 bits per heavy atom. The van der Waals surface area contributed by atoms with Crippen molar-refractivity contribution < 1.29 is 31.7 Å². The van der Waals surface area contributed by atoms with Gasteiger partial charge < -0.3 is 5.11 Å². The zero-order valence-electron chi connectivity index (χ0n) is 37.5. The number of aromatic nitrogens is 2. The summed E-state index contributed by atoms with van der Waals surface area (Å²) in [5.41, 5.74) is 11.6. The number of hydrogen-bond acceptors (Lipinski definition) is 3. The van der Waals surface area contributed by atoms with Crippen LogP contribution in [0.2, 0.25) is 0 Å². The number of nitrogens with zero attached hydrogens (tertiary/aromatic N) is 2. The fourth-order valence-corrected chi connectivity index (χ4v) is 6.92. The van der Waals surface area contributed by atoms with Crippen molar-refractivity contribution in [2.24, 2.45) is 0 Å². The van der Waals surface area contributed by atoms with Gasteiger partial charge in [0.25, 0.3) is 0 Å². The molecule has 0 aliphatic carbocycles. The Morgan fingerprint density at radius 3 is 1.83 bits per heavy atom. The van der Waals surface area contributed by atoms with Crippen molar-refractivity contribution in [1.82, 2.24) is 9.97 Å². The smallest absolute Gasteiger partial charge is 0.128 e. The molecule has 54 heavy (non-hydrogen) atoms. The Morgan fingerprint density at radius 1 is 0.685 bits per heavy atom. The summed E-state index contributed by atoms with van der Waals surface area (Å²) in [6, 6.07) is 34.9. The minimum absolute atomic E-state index is 0. The summed E-state index contributed by atoms with van der Waals surface area (Å²) in [4.78, 5) is 10.3. The molecule has 4 heteroatoms. The van der Waals surface area contributed by atoms with Crippen LogP contribution in [-0.4, -0.2) is 15.1 Å². The topological polar surface area (TPSA) is 46.0 Å². The van der Waals surface area contributed by atoms with E-state index < -0.39 is 12.7 Å². The predicted octanol–water partition coefficient (Wildman–Crippen LogP) is 13.4. The van der Waals surface area contributed by atoms with Crippen molar-refractivity contribution >= 4 is 0 Å². The SMILES string of the molecule is [2H]C([2H])([2H])c1cc(-c2[c-]c(-c3cc(-c4c(C)cccc4C)cc(-c4cc(C(C)(C)C)cc(C(C)C)c4O)n3)cc(C(C)(C)C)c2)nc(C([2H])(C)c2ccccc2)c1.[Pt]. The molecule has 1 N–H and O–H groups in total. The largest absolute Gasteiger partial charge is 0.507 e. The molecule has 2 aromatic heterocycles. The van der Waals surface area contributed by atoms with Crippen LogP contribution in [0.5, 0.6) is 5.75 Å². The maximum Gasteiger partial charge on any atom is 0.128 e. The molecule has 0 spiro atoms. The number of pyridine rings is 2. The van der Waals surface area contributed by atoms with E-state index in [1.54, 1.807) is 13.0 Å². The first-order chi connectivity index (χ1) is 26.4. The molecule has 1 unspecified atom stereocenters. The van der Waals surface area contributed by atoms with Crippen LogP contribution in [-0.2, 0) is 31.9 Å². The van der Waals surface area contributed by atoms with Crippen molar-refractivity contribution in [2.45, 2.75) is 106 Å². The van der Waals surface area contributed by atoms with Gasteiger partial charge >= 0.3 is 0 Å². The molecule has 0 aliphatic heterocycles. The molecule has 4 aromatic carbocycles. The average molecular weight is 899 g/mol. The molecule has 282 valence electrons. The summed E-state index contributed by atoms with van der Waals surface area (Å²) in [6.07, 6.45) is 0. The van der Waals surface area contributed by atoms with Gasteiger partial charge in [0.2, 0.25) is 0 Å². The van der Waals surface area contributed by atoms with Gasteiger partial charge in [-0.05, 0) is 94.6 Å². The number of aryl methyl sites for hydroxylation is 3. The Hall–Kier alpha value is -4.33. The second-order valence-corrected chi connectivity index (χ2v) is 16.8. The monoisotopic (exact) mass is 898 g/mol. The second kappa shape index (κ2) is 15.8. The summed E-state index contributed by atoms with van der Waals surface area (Å²) in [7, 11) is 0. The first-order valence-corrected chi connectivity index (χ1v) is 18.6. The van der Waals surface area contributed by atoms with E-state index in [4.69, 9.17) is 14.1 Å². The summed E-state index contributed by atoms with van der Waals surface area (Å²) >= 11 is 0.